The molecule has 1 unspecified atom stereocenters. The van der Waals surface area contributed by atoms with E-state index in [2.05, 4.69) is 56.3 Å². The van der Waals surface area contributed by atoms with Crippen LogP contribution in [0.1, 0.15) is 18.1 Å². The van der Waals surface area contributed by atoms with Crippen LogP contribution in [0.15, 0.2) is 42.5 Å². The SMILES string of the molecule is Cc1ccc(C2=CC=CC2C)cc1. The largest absolute Gasteiger partial charge is 0.0773 e. The fourth-order valence-corrected chi connectivity index (χ4v) is 1.69. The monoisotopic (exact) mass is 170 g/mol. The average molecular weight is 170 g/mol. The van der Waals surface area contributed by atoms with Crippen LogP contribution in [0.5, 0.6) is 0 Å². The van der Waals surface area contributed by atoms with Gasteiger partial charge in [-0.3, -0.25) is 0 Å². The molecule has 1 aliphatic carbocycles. The van der Waals surface area contributed by atoms with Gasteiger partial charge in [-0.15, -0.1) is 0 Å². The molecule has 0 radical (unpaired) electrons. The third-order valence-electron chi connectivity index (χ3n) is 2.55. The van der Waals surface area contributed by atoms with E-state index in [0.717, 1.165) is 0 Å². The minimum atomic E-state index is 0.572. The van der Waals surface area contributed by atoms with Gasteiger partial charge in [0.1, 0.15) is 0 Å². The Balaban J connectivity index is 2.32. The van der Waals surface area contributed by atoms with Gasteiger partial charge in [0.2, 0.25) is 0 Å². The van der Waals surface area contributed by atoms with Crippen molar-refractivity contribution in [2.24, 2.45) is 5.92 Å². The number of benzene rings is 1. The van der Waals surface area contributed by atoms with Crippen molar-refractivity contribution in [2.75, 3.05) is 0 Å². The highest BCUT2D eigenvalue weighted by Gasteiger charge is 2.10. The van der Waals surface area contributed by atoms with Crippen molar-refractivity contribution in [3.05, 3.63) is 53.6 Å². The molecule has 1 aromatic rings. The predicted molar refractivity (Wildman–Crippen MR) is 57.5 cm³/mol. The second-order valence-electron chi connectivity index (χ2n) is 3.66. The molecule has 2 rings (SSSR count). The van der Waals surface area contributed by atoms with Crippen LogP contribution in [0.2, 0.25) is 0 Å². The zero-order valence-corrected chi connectivity index (χ0v) is 8.12. The lowest BCUT2D eigenvalue weighted by atomic mass is 9.96. The molecule has 0 heterocycles. The summed E-state index contributed by atoms with van der Waals surface area (Å²) in [5.41, 5.74) is 4.10. The third-order valence-corrected chi connectivity index (χ3v) is 2.55. The molecule has 0 heteroatoms. The molecule has 0 fully saturated rings. The Labute approximate surface area is 79.6 Å². The van der Waals surface area contributed by atoms with Crippen LogP contribution < -0.4 is 0 Å². The van der Waals surface area contributed by atoms with E-state index >= 15 is 0 Å². The number of hydrogen-bond donors (Lipinski definition) is 0. The van der Waals surface area contributed by atoms with Crippen LogP contribution in [-0.4, -0.2) is 0 Å². The van der Waals surface area contributed by atoms with Gasteiger partial charge >= 0.3 is 0 Å². The normalized spacial score (nSPS) is 20.5. The maximum atomic E-state index is 2.23. The van der Waals surface area contributed by atoms with E-state index < -0.39 is 0 Å². The van der Waals surface area contributed by atoms with E-state index in [-0.39, 0.29) is 0 Å². The van der Waals surface area contributed by atoms with E-state index in [1.807, 2.05) is 0 Å². The summed E-state index contributed by atoms with van der Waals surface area (Å²) >= 11 is 0. The summed E-state index contributed by atoms with van der Waals surface area (Å²) in [7, 11) is 0. The minimum Gasteiger partial charge on any atom is -0.0773 e. The number of rotatable bonds is 1. The summed E-state index contributed by atoms with van der Waals surface area (Å²) in [5, 5.41) is 0. The molecule has 0 spiro atoms. The summed E-state index contributed by atoms with van der Waals surface area (Å²) in [5.74, 6) is 0.572. The third kappa shape index (κ3) is 1.57. The average Bonchev–Trinajstić information content (AvgIpc) is 2.53. The summed E-state index contributed by atoms with van der Waals surface area (Å²) in [6.07, 6.45) is 6.57. The molecule has 0 saturated heterocycles. The first kappa shape index (κ1) is 8.31. The molecular formula is C13H14. The van der Waals surface area contributed by atoms with Gasteiger partial charge in [-0.1, -0.05) is 55.0 Å². The molecule has 0 saturated carbocycles. The molecule has 1 atom stereocenters. The summed E-state index contributed by atoms with van der Waals surface area (Å²) in [4.78, 5) is 0. The van der Waals surface area contributed by atoms with Gasteiger partial charge in [0.25, 0.3) is 0 Å². The first-order valence-electron chi connectivity index (χ1n) is 4.73. The van der Waals surface area contributed by atoms with Crippen molar-refractivity contribution < 1.29 is 0 Å². The summed E-state index contributed by atoms with van der Waals surface area (Å²) < 4.78 is 0. The van der Waals surface area contributed by atoms with Gasteiger partial charge in [0, 0.05) is 0 Å². The molecule has 0 aliphatic heterocycles. The summed E-state index contributed by atoms with van der Waals surface area (Å²) in [6.45, 7) is 4.35. The van der Waals surface area contributed by atoms with Gasteiger partial charge in [0.05, 0.1) is 0 Å². The standard InChI is InChI=1S/C13H14/c1-10-6-8-12(9-7-10)13-5-3-4-11(13)2/h3-9,11H,1-2H3. The topological polar surface area (TPSA) is 0 Å². The minimum absolute atomic E-state index is 0.572. The molecule has 0 bridgehead atoms. The second-order valence-corrected chi connectivity index (χ2v) is 3.66. The van der Waals surface area contributed by atoms with Crippen LogP contribution in [-0.2, 0) is 0 Å². The van der Waals surface area contributed by atoms with Crippen LogP contribution in [0.25, 0.3) is 5.57 Å². The van der Waals surface area contributed by atoms with E-state index in [1.165, 1.54) is 16.7 Å². The number of allylic oxidation sites excluding steroid dienone is 4. The van der Waals surface area contributed by atoms with Crippen LogP contribution in [0, 0.1) is 12.8 Å². The van der Waals surface area contributed by atoms with Gasteiger partial charge < -0.3 is 0 Å². The highest BCUT2D eigenvalue weighted by molar-refractivity contribution is 5.72. The Bertz CT molecular complexity index is 352. The molecule has 0 amide bonds. The van der Waals surface area contributed by atoms with Gasteiger partial charge in [-0.05, 0) is 24.0 Å². The molecule has 0 nitrogen and oxygen atoms in total. The van der Waals surface area contributed by atoms with Crippen molar-refractivity contribution in [1.29, 1.82) is 0 Å². The van der Waals surface area contributed by atoms with E-state index in [9.17, 15) is 0 Å². The first-order chi connectivity index (χ1) is 6.27. The highest BCUT2D eigenvalue weighted by Crippen LogP contribution is 2.28. The van der Waals surface area contributed by atoms with Crippen molar-refractivity contribution in [2.45, 2.75) is 13.8 Å². The Hall–Kier alpha value is -1.30. The maximum absolute atomic E-state index is 2.23. The molecule has 1 aromatic carbocycles. The molecule has 13 heavy (non-hydrogen) atoms. The van der Waals surface area contributed by atoms with Crippen LogP contribution >= 0.6 is 0 Å². The Morgan fingerprint density at radius 3 is 2.31 bits per heavy atom. The van der Waals surface area contributed by atoms with Crippen molar-refractivity contribution >= 4 is 5.57 Å². The molecule has 0 aromatic heterocycles. The molecule has 1 aliphatic rings. The van der Waals surface area contributed by atoms with Crippen LogP contribution in [0.4, 0.5) is 0 Å². The fraction of sp³-hybridized carbons (Fsp3) is 0.231. The van der Waals surface area contributed by atoms with E-state index in [0.29, 0.717) is 5.92 Å². The Kier molecular flexibility index (Phi) is 2.05. The molecular weight excluding hydrogens is 156 g/mol. The summed E-state index contributed by atoms with van der Waals surface area (Å²) in [6, 6.07) is 8.73. The Morgan fingerprint density at radius 2 is 1.77 bits per heavy atom. The number of hydrogen-bond acceptors (Lipinski definition) is 0. The lowest BCUT2D eigenvalue weighted by Crippen LogP contribution is -1.91. The zero-order chi connectivity index (χ0) is 9.26. The quantitative estimate of drug-likeness (QED) is 0.604. The van der Waals surface area contributed by atoms with Crippen molar-refractivity contribution in [1.82, 2.24) is 0 Å². The van der Waals surface area contributed by atoms with Crippen molar-refractivity contribution in [3.8, 4) is 0 Å². The second kappa shape index (κ2) is 3.21. The smallest absolute Gasteiger partial charge is 0.000139 e. The van der Waals surface area contributed by atoms with Crippen molar-refractivity contribution in [3.63, 3.8) is 0 Å². The Morgan fingerprint density at radius 1 is 1.08 bits per heavy atom. The molecule has 66 valence electrons. The van der Waals surface area contributed by atoms with Gasteiger partial charge in [-0.25, -0.2) is 0 Å². The maximum Gasteiger partial charge on any atom is -0.000139 e. The van der Waals surface area contributed by atoms with Gasteiger partial charge in [-0.2, -0.15) is 0 Å². The zero-order valence-electron chi connectivity index (χ0n) is 8.12. The fourth-order valence-electron chi connectivity index (χ4n) is 1.69. The van der Waals surface area contributed by atoms with E-state index in [1.54, 1.807) is 0 Å². The first-order valence-corrected chi connectivity index (χ1v) is 4.73. The van der Waals surface area contributed by atoms with E-state index in [4.69, 9.17) is 0 Å². The lowest BCUT2D eigenvalue weighted by molar-refractivity contribution is 0.981. The number of aryl methyl sites for hydroxylation is 1. The lowest BCUT2D eigenvalue weighted by Gasteiger charge is -2.08. The predicted octanol–water partition coefficient (Wildman–Crippen LogP) is 3.58. The highest BCUT2D eigenvalue weighted by atomic mass is 14.1. The molecule has 0 N–H and O–H groups in total. The van der Waals surface area contributed by atoms with Gasteiger partial charge in [0.15, 0.2) is 0 Å². The van der Waals surface area contributed by atoms with Crippen LogP contribution in [0.3, 0.4) is 0 Å².